The van der Waals surface area contributed by atoms with Crippen LogP contribution in [0.15, 0.2) is 67.1 Å². The number of H-pyrrole nitrogens is 1. The molecule has 0 fully saturated rings. The predicted octanol–water partition coefficient (Wildman–Crippen LogP) is 4.19. The SMILES string of the molecule is O=C1NCc2c(-c3c[nH]c(I)ccccn3)ccc(Nc3ccccn3)c21. The van der Waals surface area contributed by atoms with Crippen LogP contribution in [0.2, 0.25) is 0 Å². The fourth-order valence-corrected chi connectivity index (χ4v) is 3.31. The maximum atomic E-state index is 12.5. The van der Waals surface area contributed by atoms with Crippen LogP contribution in [0, 0.1) is 3.70 Å². The number of halogens is 1. The zero-order valence-electron chi connectivity index (χ0n) is 14.2. The van der Waals surface area contributed by atoms with Gasteiger partial charge in [0.1, 0.15) is 5.82 Å². The van der Waals surface area contributed by atoms with Crippen LogP contribution in [0.25, 0.3) is 11.3 Å². The van der Waals surface area contributed by atoms with Crippen LogP contribution in [0.3, 0.4) is 0 Å². The van der Waals surface area contributed by atoms with Crippen LogP contribution in [0.5, 0.6) is 0 Å². The number of carbonyl (C=O) groups is 1. The van der Waals surface area contributed by atoms with Crippen LogP contribution in [0.1, 0.15) is 15.9 Å². The number of pyridine rings is 1. The Morgan fingerprint density at radius 2 is 1.81 bits per heavy atom. The smallest absolute Gasteiger partial charge is 0.254 e. The Bertz CT molecular complexity index is 1050. The van der Waals surface area contributed by atoms with Crippen LogP contribution < -0.4 is 10.6 Å². The number of aromatic nitrogens is 3. The molecule has 2 aromatic heterocycles. The summed E-state index contributed by atoms with van der Waals surface area (Å²) in [4.78, 5) is 24.5. The Morgan fingerprint density at radius 3 is 2.63 bits per heavy atom. The first kappa shape index (κ1) is 17.5. The molecule has 1 aliphatic rings. The highest BCUT2D eigenvalue weighted by molar-refractivity contribution is 14.1. The van der Waals surface area contributed by atoms with Crippen molar-refractivity contribution in [2.45, 2.75) is 6.54 Å². The lowest BCUT2D eigenvalue weighted by Crippen LogP contribution is -2.13. The Balaban J connectivity index is 1.83. The molecule has 0 spiro atoms. The number of hydrogen-bond acceptors (Lipinski definition) is 4. The Labute approximate surface area is 169 Å². The van der Waals surface area contributed by atoms with Crippen molar-refractivity contribution < 1.29 is 4.79 Å². The summed E-state index contributed by atoms with van der Waals surface area (Å²) in [6, 6.07) is 15.2. The zero-order valence-corrected chi connectivity index (χ0v) is 16.4. The normalized spacial score (nSPS) is 12.1. The monoisotopic (exact) mass is 469 g/mol. The molecule has 3 heterocycles. The largest absolute Gasteiger partial charge is 0.355 e. The zero-order chi connectivity index (χ0) is 18.6. The minimum absolute atomic E-state index is 0.0970. The lowest BCUT2D eigenvalue weighted by Gasteiger charge is -2.12. The van der Waals surface area contributed by atoms with E-state index in [0.717, 1.165) is 26.2 Å². The molecule has 0 saturated heterocycles. The van der Waals surface area contributed by atoms with E-state index < -0.39 is 0 Å². The standard InChI is InChI=1S/C20H16IN5O/c21-17-5-1-3-9-22-16(12-24-17)13-7-8-15(19-14(13)11-25-20(19)27)26-18-6-2-4-10-23-18/h1-10,12,24H,11H2,(H,23,26)(H,25,27). The van der Waals surface area contributed by atoms with Crippen molar-refractivity contribution in [3.63, 3.8) is 0 Å². The first-order valence-corrected chi connectivity index (χ1v) is 9.46. The van der Waals surface area contributed by atoms with Gasteiger partial charge in [0.2, 0.25) is 0 Å². The van der Waals surface area contributed by atoms with E-state index in [1.54, 1.807) is 12.4 Å². The van der Waals surface area contributed by atoms with E-state index in [1.165, 1.54) is 0 Å². The number of anilines is 2. The van der Waals surface area contributed by atoms with Crippen molar-refractivity contribution in [1.82, 2.24) is 20.3 Å². The number of fused-ring (bicyclic) bond motifs is 1. The average molecular weight is 469 g/mol. The Morgan fingerprint density at radius 1 is 1.00 bits per heavy atom. The number of amides is 1. The third-order valence-corrected chi connectivity index (χ3v) is 4.84. The van der Waals surface area contributed by atoms with E-state index in [9.17, 15) is 4.79 Å². The molecule has 27 heavy (non-hydrogen) atoms. The third kappa shape index (κ3) is 3.77. The van der Waals surface area contributed by atoms with E-state index >= 15 is 0 Å². The second kappa shape index (κ2) is 7.75. The van der Waals surface area contributed by atoms with E-state index in [4.69, 9.17) is 0 Å². The van der Waals surface area contributed by atoms with E-state index in [-0.39, 0.29) is 5.91 Å². The number of carbonyl (C=O) groups excluding carboxylic acids is 1. The molecule has 134 valence electrons. The van der Waals surface area contributed by atoms with Gasteiger partial charge in [-0.2, -0.15) is 0 Å². The summed E-state index contributed by atoms with van der Waals surface area (Å²) >= 11 is 2.22. The van der Waals surface area contributed by atoms with Gasteiger partial charge in [0.05, 0.1) is 20.6 Å². The number of nitrogens with one attached hydrogen (secondary N) is 3. The van der Waals surface area contributed by atoms with Crippen LogP contribution in [-0.2, 0) is 6.54 Å². The molecule has 6 nitrogen and oxygen atoms in total. The van der Waals surface area contributed by atoms with Crippen LogP contribution in [-0.4, -0.2) is 20.9 Å². The molecular weight excluding hydrogens is 453 g/mol. The molecule has 0 atom stereocenters. The molecule has 0 radical (unpaired) electrons. The highest BCUT2D eigenvalue weighted by Gasteiger charge is 2.26. The number of hydrogen-bond donors (Lipinski definition) is 3. The summed E-state index contributed by atoms with van der Waals surface area (Å²) in [6.07, 6.45) is 5.31. The molecule has 0 bridgehead atoms. The fraction of sp³-hybridized carbons (Fsp3) is 0.0500. The second-order valence-electron chi connectivity index (χ2n) is 5.89. The number of nitrogens with zero attached hydrogens (tertiary/aromatic N) is 2. The van der Waals surface area contributed by atoms with Crippen molar-refractivity contribution in [2.75, 3.05) is 5.32 Å². The Kier molecular flexibility index (Phi) is 5.01. The van der Waals surface area contributed by atoms with Gasteiger partial charge in [-0.15, -0.1) is 0 Å². The first-order valence-electron chi connectivity index (χ1n) is 8.38. The molecule has 1 amide bonds. The highest BCUT2D eigenvalue weighted by Crippen LogP contribution is 2.33. The summed E-state index contributed by atoms with van der Waals surface area (Å²) in [6.45, 7) is 0.469. The minimum atomic E-state index is -0.0970. The quantitative estimate of drug-likeness (QED) is 0.503. The topological polar surface area (TPSA) is 82.7 Å². The lowest BCUT2D eigenvalue weighted by atomic mass is 9.99. The van der Waals surface area contributed by atoms with Crippen LogP contribution >= 0.6 is 22.6 Å². The van der Waals surface area contributed by atoms with Gasteiger partial charge in [-0.05, 0) is 58.5 Å². The molecule has 0 unspecified atom stereocenters. The van der Waals surface area contributed by atoms with E-state index in [2.05, 4.69) is 48.2 Å². The Hall–Kier alpha value is -2.94. The lowest BCUT2D eigenvalue weighted by molar-refractivity contribution is 0.0966. The molecule has 4 rings (SSSR count). The molecule has 0 saturated carbocycles. The predicted molar refractivity (Wildman–Crippen MR) is 113 cm³/mol. The summed E-state index contributed by atoms with van der Waals surface area (Å²) in [5.74, 6) is 0.596. The van der Waals surface area contributed by atoms with Gasteiger partial charge in [-0.3, -0.25) is 9.78 Å². The van der Waals surface area contributed by atoms with Gasteiger partial charge < -0.3 is 15.6 Å². The van der Waals surface area contributed by atoms with Crippen LogP contribution in [0.4, 0.5) is 11.5 Å². The van der Waals surface area contributed by atoms with Crippen molar-refractivity contribution in [2.24, 2.45) is 0 Å². The van der Waals surface area contributed by atoms with Crippen molar-refractivity contribution in [3.8, 4) is 11.3 Å². The van der Waals surface area contributed by atoms with E-state index in [0.29, 0.717) is 17.9 Å². The summed E-state index contributed by atoms with van der Waals surface area (Å²) < 4.78 is 0.978. The average Bonchev–Trinajstić information content (AvgIpc) is 3.11. The van der Waals surface area contributed by atoms with Gasteiger partial charge in [0.15, 0.2) is 0 Å². The number of aromatic amines is 1. The summed E-state index contributed by atoms with van der Waals surface area (Å²) in [7, 11) is 0. The van der Waals surface area contributed by atoms with Crippen molar-refractivity contribution in [1.29, 1.82) is 0 Å². The van der Waals surface area contributed by atoms with E-state index in [1.807, 2.05) is 54.7 Å². The summed E-state index contributed by atoms with van der Waals surface area (Å²) in [5, 5.41) is 6.15. The molecule has 1 aromatic carbocycles. The maximum absolute atomic E-state index is 12.5. The molecular formula is C20H16IN5O. The van der Waals surface area contributed by atoms with Crippen molar-refractivity contribution in [3.05, 3.63) is 81.9 Å². The first-order chi connectivity index (χ1) is 13.2. The fourth-order valence-electron chi connectivity index (χ4n) is 2.95. The van der Waals surface area contributed by atoms with Gasteiger partial charge in [-0.1, -0.05) is 18.2 Å². The van der Waals surface area contributed by atoms with Gasteiger partial charge in [0.25, 0.3) is 5.91 Å². The molecule has 3 N–H and O–H groups in total. The highest BCUT2D eigenvalue weighted by atomic mass is 127. The maximum Gasteiger partial charge on any atom is 0.254 e. The van der Waals surface area contributed by atoms with Gasteiger partial charge >= 0.3 is 0 Å². The molecule has 3 aromatic rings. The van der Waals surface area contributed by atoms with Gasteiger partial charge in [0, 0.05) is 30.7 Å². The van der Waals surface area contributed by atoms with Gasteiger partial charge in [-0.25, -0.2) is 4.98 Å². The molecule has 1 aliphatic heterocycles. The van der Waals surface area contributed by atoms with Crippen molar-refractivity contribution >= 4 is 40.0 Å². The number of benzene rings is 1. The molecule has 0 aliphatic carbocycles. The number of rotatable bonds is 3. The third-order valence-electron chi connectivity index (χ3n) is 4.17. The summed E-state index contributed by atoms with van der Waals surface area (Å²) in [5.41, 5.74) is 3.97. The minimum Gasteiger partial charge on any atom is -0.355 e. The second-order valence-corrected chi connectivity index (χ2v) is 7.05. The molecule has 7 heteroatoms.